The standard InChI is InChI=1S/C21H16ClF3N4O4S/c22-15-9-13(3-4-16(15)33-21(23,24)25)28-19(32)14-2-1-6-27-20(14)34-11-12-5-7-26-17(8-12)29-18(31)10-30/h1-9,30H,10-11H2,(H,28,32)(H,26,29,31). The summed E-state index contributed by atoms with van der Waals surface area (Å²) in [4.78, 5) is 32.3. The van der Waals surface area contributed by atoms with Crippen LogP contribution in [0.5, 0.6) is 5.75 Å². The summed E-state index contributed by atoms with van der Waals surface area (Å²) in [7, 11) is 0. The van der Waals surface area contributed by atoms with Crippen LogP contribution in [0.25, 0.3) is 0 Å². The number of rotatable bonds is 8. The molecule has 178 valence electrons. The number of hydrogen-bond acceptors (Lipinski definition) is 7. The Balaban J connectivity index is 1.69. The first-order valence-corrected chi connectivity index (χ1v) is 10.8. The maximum absolute atomic E-state index is 12.8. The number of carbonyl (C=O) groups is 2. The van der Waals surface area contributed by atoms with E-state index in [4.69, 9.17) is 16.7 Å². The molecule has 0 aliphatic carbocycles. The molecule has 0 saturated heterocycles. The van der Waals surface area contributed by atoms with Gasteiger partial charge in [0, 0.05) is 23.8 Å². The zero-order valence-electron chi connectivity index (χ0n) is 17.1. The predicted octanol–water partition coefficient (Wildman–Crippen LogP) is 4.50. The lowest BCUT2D eigenvalue weighted by molar-refractivity contribution is -0.274. The van der Waals surface area contributed by atoms with Gasteiger partial charge in [-0.1, -0.05) is 11.6 Å². The second-order valence-corrected chi connectivity index (χ2v) is 7.92. The van der Waals surface area contributed by atoms with Crippen molar-refractivity contribution in [2.24, 2.45) is 0 Å². The average Bonchev–Trinajstić information content (AvgIpc) is 2.79. The van der Waals surface area contributed by atoms with Crippen molar-refractivity contribution >= 4 is 46.7 Å². The molecule has 3 rings (SSSR count). The minimum absolute atomic E-state index is 0.169. The topological polar surface area (TPSA) is 113 Å². The monoisotopic (exact) mass is 512 g/mol. The second-order valence-electron chi connectivity index (χ2n) is 6.55. The minimum Gasteiger partial charge on any atom is -0.404 e. The molecule has 13 heteroatoms. The van der Waals surface area contributed by atoms with Crippen LogP contribution < -0.4 is 15.4 Å². The van der Waals surface area contributed by atoms with Crippen LogP contribution in [-0.4, -0.2) is 39.9 Å². The van der Waals surface area contributed by atoms with Gasteiger partial charge in [0.1, 0.15) is 23.2 Å². The summed E-state index contributed by atoms with van der Waals surface area (Å²) >= 11 is 7.08. The van der Waals surface area contributed by atoms with Crippen molar-refractivity contribution < 1.29 is 32.6 Å². The van der Waals surface area contributed by atoms with Crippen LogP contribution in [-0.2, 0) is 10.5 Å². The molecular formula is C21H16ClF3N4O4S. The Morgan fingerprint density at radius 1 is 1.09 bits per heavy atom. The molecule has 0 saturated carbocycles. The second kappa shape index (κ2) is 11.2. The lowest BCUT2D eigenvalue weighted by atomic mass is 10.2. The molecule has 3 N–H and O–H groups in total. The summed E-state index contributed by atoms with van der Waals surface area (Å²) in [6.45, 7) is -0.670. The number of ether oxygens (including phenoxy) is 1. The molecule has 1 aromatic carbocycles. The fourth-order valence-electron chi connectivity index (χ4n) is 2.63. The molecule has 0 spiro atoms. The molecule has 0 aliphatic rings. The van der Waals surface area contributed by atoms with Gasteiger partial charge in [0.05, 0.1) is 10.6 Å². The van der Waals surface area contributed by atoms with E-state index in [0.717, 1.165) is 17.7 Å². The van der Waals surface area contributed by atoms with Crippen molar-refractivity contribution in [3.63, 3.8) is 0 Å². The van der Waals surface area contributed by atoms with Crippen LogP contribution in [0, 0.1) is 0 Å². The third-order valence-corrected chi connectivity index (χ3v) is 5.41. The summed E-state index contributed by atoms with van der Waals surface area (Å²) < 4.78 is 41.0. The minimum atomic E-state index is -4.89. The number of alkyl halides is 3. The Bertz CT molecular complexity index is 1200. The molecule has 0 unspecified atom stereocenters. The van der Waals surface area contributed by atoms with Gasteiger partial charge in [0.25, 0.3) is 11.8 Å². The number of nitrogens with zero attached hydrogens (tertiary/aromatic N) is 2. The number of halogens is 4. The van der Waals surface area contributed by atoms with E-state index in [1.54, 1.807) is 24.3 Å². The molecule has 2 amide bonds. The number of hydrogen-bond donors (Lipinski definition) is 3. The summed E-state index contributed by atoms with van der Waals surface area (Å²) in [6, 6.07) is 9.83. The number of benzene rings is 1. The van der Waals surface area contributed by atoms with E-state index in [2.05, 4.69) is 25.3 Å². The van der Waals surface area contributed by atoms with Crippen molar-refractivity contribution in [3.05, 3.63) is 71.0 Å². The number of aliphatic hydroxyl groups is 1. The van der Waals surface area contributed by atoms with Crippen molar-refractivity contribution in [1.29, 1.82) is 0 Å². The Hall–Kier alpha value is -3.35. The maximum Gasteiger partial charge on any atom is 0.573 e. The van der Waals surface area contributed by atoms with Crippen LogP contribution in [0.3, 0.4) is 0 Å². The van der Waals surface area contributed by atoms with Gasteiger partial charge in [-0.25, -0.2) is 9.97 Å². The fraction of sp³-hybridized carbons (Fsp3) is 0.143. The van der Waals surface area contributed by atoms with E-state index in [0.29, 0.717) is 10.8 Å². The summed E-state index contributed by atoms with van der Waals surface area (Å²) in [5.74, 6) is -1.07. The number of amides is 2. The van der Waals surface area contributed by atoms with Crippen LogP contribution >= 0.6 is 23.4 Å². The highest BCUT2D eigenvalue weighted by atomic mass is 35.5. The number of carbonyl (C=O) groups excluding carboxylic acids is 2. The van der Waals surface area contributed by atoms with E-state index in [9.17, 15) is 22.8 Å². The SMILES string of the molecule is O=C(CO)Nc1cc(CSc2ncccc2C(=O)Nc2ccc(OC(F)(F)F)c(Cl)c2)ccn1. The van der Waals surface area contributed by atoms with Gasteiger partial charge in [-0.3, -0.25) is 9.59 Å². The van der Waals surface area contributed by atoms with Crippen LogP contribution in [0.1, 0.15) is 15.9 Å². The van der Waals surface area contributed by atoms with E-state index >= 15 is 0 Å². The third kappa shape index (κ3) is 7.33. The van der Waals surface area contributed by atoms with Gasteiger partial charge in [-0.2, -0.15) is 0 Å². The van der Waals surface area contributed by atoms with Crippen molar-refractivity contribution in [2.45, 2.75) is 17.1 Å². The maximum atomic E-state index is 12.8. The van der Waals surface area contributed by atoms with E-state index in [-0.39, 0.29) is 22.1 Å². The largest absolute Gasteiger partial charge is 0.573 e. The summed E-state index contributed by atoms with van der Waals surface area (Å²) in [6.07, 6.45) is -1.89. The highest BCUT2D eigenvalue weighted by Gasteiger charge is 2.32. The first kappa shape index (κ1) is 25.3. The molecule has 8 nitrogen and oxygen atoms in total. The lowest BCUT2D eigenvalue weighted by Gasteiger charge is -2.13. The highest BCUT2D eigenvalue weighted by Crippen LogP contribution is 2.32. The third-order valence-electron chi connectivity index (χ3n) is 4.04. The molecule has 0 atom stereocenters. The quantitative estimate of drug-likeness (QED) is 0.381. The zero-order chi connectivity index (χ0) is 24.7. The number of thioether (sulfide) groups is 1. The molecule has 0 radical (unpaired) electrons. The van der Waals surface area contributed by atoms with Gasteiger partial charge < -0.3 is 20.5 Å². The van der Waals surface area contributed by atoms with E-state index in [1.807, 2.05) is 0 Å². The van der Waals surface area contributed by atoms with Gasteiger partial charge in [0.15, 0.2) is 0 Å². The first-order chi connectivity index (χ1) is 16.1. The number of aromatic nitrogens is 2. The van der Waals surface area contributed by atoms with Crippen LogP contribution in [0.4, 0.5) is 24.7 Å². The van der Waals surface area contributed by atoms with Crippen molar-refractivity contribution in [2.75, 3.05) is 17.2 Å². The zero-order valence-corrected chi connectivity index (χ0v) is 18.7. The van der Waals surface area contributed by atoms with Gasteiger partial charge in [-0.15, -0.1) is 24.9 Å². The van der Waals surface area contributed by atoms with Gasteiger partial charge in [0.2, 0.25) is 0 Å². The van der Waals surface area contributed by atoms with E-state index in [1.165, 1.54) is 30.2 Å². The number of nitrogens with one attached hydrogen (secondary N) is 2. The summed E-state index contributed by atoms with van der Waals surface area (Å²) in [5.41, 5.74) is 1.18. The smallest absolute Gasteiger partial charge is 0.404 e. The van der Waals surface area contributed by atoms with Crippen molar-refractivity contribution in [3.8, 4) is 5.75 Å². The molecule has 0 fully saturated rings. The number of anilines is 2. The van der Waals surface area contributed by atoms with Crippen molar-refractivity contribution in [1.82, 2.24) is 9.97 Å². The molecular weight excluding hydrogens is 497 g/mol. The van der Waals surface area contributed by atoms with Crippen LogP contribution in [0.2, 0.25) is 5.02 Å². The molecule has 0 bridgehead atoms. The van der Waals surface area contributed by atoms with Gasteiger partial charge in [-0.05, 0) is 48.0 Å². The van der Waals surface area contributed by atoms with Gasteiger partial charge >= 0.3 is 6.36 Å². The average molecular weight is 513 g/mol. The molecule has 2 aromatic heterocycles. The summed E-state index contributed by atoms with van der Waals surface area (Å²) in [5, 5.41) is 13.9. The Kier molecular flexibility index (Phi) is 8.31. The molecule has 0 aliphatic heterocycles. The predicted molar refractivity (Wildman–Crippen MR) is 120 cm³/mol. The Labute approximate surface area is 200 Å². The molecule has 3 aromatic rings. The first-order valence-electron chi connectivity index (χ1n) is 9.44. The van der Waals surface area contributed by atoms with Crippen LogP contribution in [0.15, 0.2) is 59.9 Å². The normalized spacial score (nSPS) is 11.1. The Morgan fingerprint density at radius 2 is 1.88 bits per heavy atom. The number of pyridine rings is 2. The fourth-order valence-corrected chi connectivity index (χ4v) is 3.78. The lowest BCUT2D eigenvalue weighted by Crippen LogP contribution is -2.17. The Morgan fingerprint density at radius 3 is 2.59 bits per heavy atom. The highest BCUT2D eigenvalue weighted by molar-refractivity contribution is 7.98. The number of aliphatic hydroxyl groups excluding tert-OH is 1. The molecule has 2 heterocycles. The van der Waals surface area contributed by atoms with E-state index < -0.39 is 30.5 Å². The molecule has 34 heavy (non-hydrogen) atoms.